The molecule has 1 aromatic carbocycles. The zero-order valence-electron chi connectivity index (χ0n) is 12.6. The number of carbonyl (C=O) groups excluding carboxylic acids is 1. The quantitative estimate of drug-likeness (QED) is 0.493. The van der Waals surface area contributed by atoms with Crippen molar-refractivity contribution in [1.29, 1.82) is 0 Å². The molecule has 0 aliphatic carbocycles. The second-order valence-corrected chi connectivity index (χ2v) is 5.24. The number of carboxylic acid groups (broad SMARTS) is 1. The van der Waals surface area contributed by atoms with Gasteiger partial charge in [0.05, 0.1) is 6.04 Å². The minimum Gasteiger partial charge on any atom is -0.480 e. The van der Waals surface area contributed by atoms with E-state index in [0.29, 0.717) is 19.4 Å². The van der Waals surface area contributed by atoms with Crippen molar-refractivity contribution in [3.05, 3.63) is 35.4 Å². The van der Waals surface area contributed by atoms with E-state index in [1.165, 1.54) is 6.07 Å². The summed E-state index contributed by atoms with van der Waals surface area (Å²) in [5.41, 5.74) is 11.3. The van der Waals surface area contributed by atoms with Crippen LogP contribution in [0, 0.1) is 11.6 Å². The monoisotopic (exact) mass is 329 g/mol. The van der Waals surface area contributed by atoms with Crippen molar-refractivity contribution in [3.8, 4) is 0 Å². The number of carboxylic acids is 1. The molecule has 0 saturated heterocycles. The lowest BCUT2D eigenvalue weighted by Crippen LogP contribution is -2.49. The Morgan fingerprint density at radius 1 is 1.22 bits per heavy atom. The summed E-state index contributed by atoms with van der Waals surface area (Å²) in [6.07, 6.45) is 1.60. The summed E-state index contributed by atoms with van der Waals surface area (Å²) in [6, 6.07) is 0.964. The molecule has 2 atom stereocenters. The van der Waals surface area contributed by atoms with Crippen LogP contribution in [0.1, 0.15) is 24.8 Å². The lowest BCUT2D eigenvalue weighted by molar-refractivity contribution is -0.142. The Hall–Kier alpha value is -2.06. The summed E-state index contributed by atoms with van der Waals surface area (Å²) in [5.74, 6) is -3.97. The van der Waals surface area contributed by atoms with Crippen molar-refractivity contribution < 1.29 is 23.5 Å². The van der Waals surface area contributed by atoms with Gasteiger partial charge in [-0.05, 0) is 37.1 Å². The van der Waals surface area contributed by atoms with Crippen molar-refractivity contribution in [1.82, 2.24) is 5.32 Å². The number of hydrogen-bond acceptors (Lipinski definition) is 4. The number of carbonyl (C=O) groups is 2. The van der Waals surface area contributed by atoms with E-state index in [4.69, 9.17) is 16.6 Å². The fourth-order valence-electron chi connectivity index (χ4n) is 2.02. The van der Waals surface area contributed by atoms with Crippen molar-refractivity contribution in [2.24, 2.45) is 11.5 Å². The Balaban J connectivity index is 2.65. The van der Waals surface area contributed by atoms with Crippen molar-refractivity contribution in [2.75, 3.05) is 6.54 Å². The van der Waals surface area contributed by atoms with E-state index < -0.39 is 35.6 Å². The summed E-state index contributed by atoms with van der Waals surface area (Å²) >= 11 is 0. The van der Waals surface area contributed by atoms with Gasteiger partial charge in [0.2, 0.25) is 5.91 Å². The molecule has 23 heavy (non-hydrogen) atoms. The third kappa shape index (κ3) is 6.29. The van der Waals surface area contributed by atoms with E-state index in [1.807, 2.05) is 0 Å². The molecule has 0 aliphatic rings. The number of nitrogens with two attached hydrogens (primary N) is 2. The molecular weight excluding hydrogens is 308 g/mol. The molecule has 1 rings (SSSR count). The molecule has 1 aromatic rings. The van der Waals surface area contributed by atoms with Gasteiger partial charge < -0.3 is 21.9 Å². The van der Waals surface area contributed by atoms with Crippen LogP contribution in [0.2, 0.25) is 0 Å². The fraction of sp³-hybridized carbons (Fsp3) is 0.467. The molecule has 0 aromatic heterocycles. The molecule has 128 valence electrons. The highest BCUT2D eigenvalue weighted by molar-refractivity contribution is 5.86. The summed E-state index contributed by atoms with van der Waals surface area (Å²) in [5, 5.41) is 11.5. The summed E-state index contributed by atoms with van der Waals surface area (Å²) in [4.78, 5) is 23.1. The molecule has 0 saturated carbocycles. The van der Waals surface area contributed by atoms with Crippen molar-refractivity contribution in [3.63, 3.8) is 0 Å². The van der Waals surface area contributed by atoms with Gasteiger partial charge in [0.1, 0.15) is 6.04 Å². The molecule has 0 fully saturated rings. The Labute approximate surface area is 132 Å². The van der Waals surface area contributed by atoms with Crippen LogP contribution >= 0.6 is 0 Å². The topological polar surface area (TPSA) is 118 Å². The van der Waals surface area contributed by atoms with Gasteiger partial charge in [0, 0.05) is 6.42 Å². The maximum atomic E-state index is 13.2. The van der Waals surface area contributed by atoms with E-state index in [-0.39, 0.29) is 12.0 Å². The van der Waals surface area contributed by atoms with E-state index in [2.05, 4.69) is 5.32 Å². The normalized spacial score (nSPS) is 13.4. The van der Waals surface area contributed by atoms with Crippen LogP contribution in [-0.4, -0.2) is 35.6 Å². The van der Waals surface area contributed by atoms with Gasteiger partial charge >= 0.3 is 5.97 Å². The van der Waals surface area contributed by atoms with Crippen LogP contribution in [-0.2, 0) is 16.0 Å². The molecule has 0 spiro atoms. The standard InChI is InChI=1S/C15H21F2N3O3/c16-10-5-4-9(7-11(10)17)8-13(15(22)23)20-14(21)12(19)3-1-2-6-18/h4-5,7,12-13H,1-3,6,8,18-19H2,(H,20,21)(H,22,23)/t12-,13?/m0/s1. The maximum absolute atomic E-state index is 13.2. The predicted octanol–water partition coefficient (Wildman–Crippen LogP) is 0.533. The second-order valence-electron chi connectivity index (χ2n) is 5.24. The summed E-state index contributed by atoms with van der Waals surface area (Å²) < 4.78 is 26.0. The first-order chi connectivity index (χ1) is 10.8. The first kappa shape index (κ1) is 19.0. The van der Waals surface area contributed by atoms with Crippen LogP contribution in [0.5, 0.6) is 0 Å². The number of amides is 1. The predicted molar refractivity (Wildman–Crippen MR) is 80.5 cm³/mol. The van der Waals surface area contributed by atoms with Crippen LogP contribution < -0.4 is 16.8 Å². The fourth-order valence-corrected chi connectivity index (χ4v) is 2.02. The number of aliphatic carboxylic acids is 1. The molecule has 0 radical (unpaired) electrons. The average Bonchev–Trinajstić information content (AvgIpc) is 2.50. The average molecular weight is 329 g/mol. The van der Waals surface area contributed by atoms with Gasteiger partial charge in [0.15, 0.2) is 11.6 Å². The van der Waals surface area contributed by atoms with Crippen molar-refractivity contribution in [2.45, 2.75) is 37.8 Å². The molecule has 8 heteroatoms. The molecular formula is C15H21F2N3O3. The first-order valence-corrected chi connectivity index (χ1v) is 7.28. The largest absolute Gasteiger partial charge is 0.480 e. The Morgan fingerprint density at radius 2 is 1.91 bits per heavy atom. The van der Waals surface area contributed by atoms with Gasteiger partial charge in [-0.3, -0.25) is 4.79 Å². The highest BCUT2D eigenvalue weighted by atomic mass is 19.2. The van der Waals surface area contributed by atoms with Gasteiger partial charge in [0.25, 0.3) is 0 Å². The minimum atomic E-state index is -1.28. The Morgan fingerprint density at radius 3 is 2.48 bits per heavy atom. The first-order valence-electron chi connectivity index (χ1n) is 7.28. The SMILES string of the molecule is NCCCC[C@H](N)C(=O)NC(Cc1ccc(F)c(F)c1)C(=O)O. The van der Waals surface area contributed by atoms with Crippen LogP contribution in [0.15, 0.2) is 18.2 Å². The number of hydrogen-bond donors (Lipinski definition) is 4. The van der Waals surface area contributed by atoms with E-state index in [0.717, 1.165) is 18.6 Å². The number of rotatable bonds is 9. The molecule has 1 amide bonds. The maximum Gasteiger partial charge on any atom is 0.326 e. The third-order valence-electron chi connectivity index (χ3n) is 3.34. The lowest BCUT2D eigenvalue weighted by Gasteiger charge is -2.18. The van der Waals surface area contributed by atoms with E-state index in [9.17, 15) is 18.4 Å². The second kappa shape index (κ2) is 9.16. The highest BCUT2D eigenvalue weighted by Gasteiger charge is 2.23. The third-order valence-corrected chi connectivity index (χ3v) is 3.34. The summed E-state index contributed by atoms with van der Waals surface area (Å²) in [7, 11) is 0. The summed E-state index contributed by atoms with van der Waals surface area (Å²) in [6.45, 7) is 0.488. The Kier molecular flexibility index (Phi) is 7.56. The number of nitrogens with one attached hydrogen (secondary N) is 1. The van der Waals surface area contributed by atoms with Crippen LogP contribution in [0.3, 0.4) is 0 Å². The number of halogens is 2. The Bertz CT molecular complexity index is 555. The highest BCUT2D eigenvalue weighted by Crippen LogP contribution is 2.11. The van der Waals surface area contributed by atoms with Gasteiger partial charge in [-0.2, -0.15) is 0 Å². The molecule has 0 bridgehead atoms. The zero-order valence-corrected chi connectivity index (χ0v) is 12.6. The number of benzene rings is 1. The molecule has 0 heterocycles. The lowest BCUT2D eigenvalue weighted by atomic mass is 10.0. The van der Waals surface area contributed by atoms with Crippen LogP contribution in [0.25, 0.3) is 0 Å². The number of unbranched alkanes of at least 4 members (excludes halogenated alkanes) is 1. The smallest absolute Gasteiger partial charge is 0.326 e. The molecule has 6 nitrogen and oxygen atoms in total. The van der Waals surface area contributed by atoms with Gasteiger partial charge in [-0.25, -0.2) is 13.6 Å². The molecule has 6 N–H and O–H groups in total. The van der Waals surface area contributed by atoms with E-state index in [1.54, 1.807) is 0 Å². The van der Waals surface area contributed by atoms with Crippen LogP contribution in [0.4, 0.5) is 8.78 Å². The van der Waals surface area contributed by atoms with Gasteiger partial charge in [-0.15, -0.1) is 0 Å². The zero-order chi connectivity index (χ0) is 17.4. The molecule has 0 aliphatic heterocycles. The van der Waals surface area contributed by atoms with Crippen molar-refractivity contribution >= 4 is 11.9 Å². The minimum absolute atomic E-state index is 0.173. The van der Waals surface area contributed by atoms with Gasteiger partial charge in [-0.1, -0.05) is 12.5 Å². The molecule has 1 unspecified atom stereocenters. The van der Waals surface area contributed by atoms with E-state index >= 15 is 0 Å².